The topological polar surface area (TPSA) is 62.0 Å². The van der Waals surface area contributed by atoms with Crippen molar-refractivity contribution in [1.82, 2.24) is 4.98 Å². The number of benzene rings is 1. The number of alkyl halides is 3. The molecule has 1 aromatic heterocycles. The van der Waals surface area contributed by atoms with E-state index in [-0.39, 0.29) is 16.7 Å². The highest BCUT2D eigenvalue weighted by atomic mass is 19.4. The van der Waals surface area contributed by atoms with E-state index in [4.69, 9.17) is 5.73 Å². The summed E-state index contributed by atoms with van der Waals surface area (Å²) in [6.07, 6.45) is -3.18. The fourth-order valence-corrected chi connectivity index (χ4v) is 1.90. The zero-order valence-electron chi connectivity index (χ0n) is 8.75. The smallest absolute Gasteiger partial charge is 0.397 e. The van der Waals surface area contributed by atoms with Gasteiger partial charge >= 0.3 is 6.18 Å². The SMILES string of the molecule is NCC(c1c[nH]c2cccc(O)c12)C(F)(F)F. The van der Waals surface area contributed by atoms with Crippen LogP contribution < -0.4 is 5.73 Å². The van der Waals surface area contributed by atoms with Gasteiger partial charge in [-0.25, -0.2) is 0 Å². The average molecular weight is 244 g/mol. The van der Waals surface area contributed by atoms with E-state index in [1.54, 1.807) is 12.1 Å². The molecule has 2 rings (SSSR count). The molecule has 0 radical (unpaired) electrons. The van der Waals surface area contributed by atoms with Crippen molar-refractivity contribution in [1.29, 1.82) is 0 Å². The average Bonchev–Trinajstić information content (AvgIpc) is 2.62. The number of hydrogen-bond donors (Lipinski definition) is 3. The number of rotatable bonds is 2. The van der Waals surface area contributed by atoms with Crippen LogP contribution in [0.4, 0.5) is 13.2 Å². The summed E-state index contributed by atoms with van der Waals surface area (Å²) in [6.45, 7) is -0.551. The van der Waals surface area contributed by atoms with Crippen LogP contribution in [0.15, 0.2) is 24.4 Å². The first kappa shape index (κ1) is 11.8. The van der Waals surface area contributed by atoms with E-state index in [2.05, 4.69) is 4.98 Å². The van der Waals surface area contributed by atoms with Crippen molar-refractivity contribution in [2.75, 3.05) is 6.54 Å². The van der Waals surface area contributed by atoms with E-state index in [1.807, 2.05) is 0 Å². The van der Waals surface area contributed by atoms with Crippen molar-refractivity contribution in [2.45, 2.75) is 12.1 Å². The number of H-pyrrole nitrogens is 1. The predicted octanol–water partition coefficient (Wildman–Crippen LogP) is 2.48. The highest BCUT2D eigenvalue weighted by molar-refractivity contribution is 5.89. The zero-order valence-corrected chi connectivity index (χ0v) is 8.75. The van der Waals surface area contributed by atoms with Crippen LogP contribution in [0.1, 0.15) is 11.5 Å². The maximum atomic E-state index is 12.8. The molecule has 1 aromatic carbocycles. The minimum Gasteiger partial charge on any atom is -0.507 e. The molecule has 0 saturated heterocycles. The number of phenols is 1. The lowest BCUT2D eigenvalue weighted by Crippen LogP contribution is -2.27. The van der Waals surface area contributed by atoms with E-state index in [9.17, 15) is 18.3 Å². The Kier molecular flexibility index (Phi) is 2.74. The number of aromatic nitrogens is 1. The van der Waals surface area contributed by atoms with Crippen LogP contribution >= 0.6 is 0 Å². The van der Waals surface area contributed by atoms with Gasteiger partial charge in [0.05, 0.1) is 5.92 Å². The van der Waals surface area contributed by atoms with Crippen molar-refractivity contribution in [3.8, 4) is 5.75 Å². The molecule has 0 saturated carbocycles. The highest BCUT2D eigenvalue weighted by Crippen LogP contribution is 2.39. The number of hydrogen-bond acceptors (Lipinski definition) is 2. The van der Waals surface area contributed by atoms with E-state index >= 15 is 0 Å². The highest BCUT2D eigenvalue weighted by Gasteiger charge is 2.41. The summed E-state index contributed by atoms with van der Waals surface area (Å²) in [6, 6.07) is 4.51. The van der Waals surface area contributed by atoms with Gasteiger partial charge in [0.1, 0.15) is 5.75 Å². The molecule has 4 N–H and O–H groups in total. The molecule has 1 unspecified atom stereocenters. The maximum absolute atomic E-state index is 12.8. The minimum absolute atomic E-state index is 0.0203. The molecule has 0 aliphatic carbocycles. The predicted molar refractivity (Wildman–Crippen MR) is 57.8 cm³/mol. The summed E-state index contributed by atoms with van der Waals surface area (Å²) < 4.78 is 38.3. The Labute approximate surface area is 95.0 Å². The molecule has 1 heterocycles. The number of nitrogens with one attached hydrogen (secondary N) is 1. The Morgan fingerprint density at radius 1 is 1.35 bits per heavy atom. The number of aromatic amines is 1. The third-order valence-corrected chi connectivity index (χ3v) is 2.72. The van der Waals surface area contributed by atoms with Crippen molar-refractivity contribution in [2.24, 2.45) is 5.73 Å². The largest absolute Gasteiger partial charge is 0.507 e. The van der Waals surface area contributed by atoms with Crippen molar-refractivity contribution in [3.63, 3.8) is 0 Å². The van der Waals surface area contributed by atoms with Crippen molar-refractivity contribution >= 4 is 10.9 Å². The van der Waals surface area contributed by atoms with Crippen LogP contribution in [-0.2, 0) is 0 Å². The molecule has 0 fully saturated rings. The number of fused-ring (bicyclic) bond motifs is 1. The second-order valence-corrected chi connectivity index (χ2v) is 3.77. The number of phenolic OH excluding ortho intramolecular Hbond substituents is 1. The molecular weight excluding hydrogens is 233 g/mol. The maximum Gasteiger partial charge on any atom is 0.397 e. The fraction of sp³-hybridized carbons (Fsp3) is 0.273. The molecule has 0 aliphatic rings. The van der Waals surface area contributed by atoms with Crippen molar-refractivity contribution in [3.05, 3.63) is 30.0 Å². The molecular formula is C11H11F3N2O. The summed E-state index contributed by atoms with van der Waals surface area (Å²) in [4.78, 5) is 2.70. The molecule has 17 heavy (non-hydrogen) atoms. The van der Waals surface area contributed by atoms with Crippen LogP contribution in [0.25, 0.3) is 10.9 Å². The van der Waals surface area contributed by atoms with Gasteiger partial charge in [0.2, 0.25) is 0 Å². The first-order valence-electron chi connectivity index (χ1n) is 5.01. The van der Waals surface area contributed by atoms with E-state index < -0.39 is 18.6 Å². The Morgan fingerprint density at radius 3 is 2.65 bits per heavy atom. The van der Waals surface area contributed by atoms with E-state index in [0.29, 0.717) is 5.52 Å². The third-order valence-electron chi connectivity index (χ3n) is 2.72. The van der Waals surface area contributed by atoms with Crippen LogP contribution in [0.2, 0.25) is 0 Å². The molecule has 0 spiro atoms. The second-order valence-electron chi connectivity index (χ2n) is 3.77. The Hall–Kier alpha value is -1.69. The van der Waals surface area contributed by atoms with Gasteiger partial charge in [-0.3, -0.25) is 0 Å². The molecule has 0 amide bonds. The summed E-state index contributed by atoms with van der Waals surface area (Å²) in [5, 5.41) is 9.80. The standard InChI is InChI=1S/C11H11F3N2O/c12-11(13,14)7(4-15)6-5-16-8-2-1-3-9(17)10(6)8/h1-3,5,7,16-17H,4,15H2. The van der Waals surface area contributed by atoms with Crippen molar-refractivity contribution < 1.29 is 18.3 Å². The molecule has 0 bridgehead atoms. The Balaban J connectivity index is 2.63. The lowest BCUT2D eigenvalue weighted by Gasteiger charge is -2.18. The van der Waals surface area contributed by atoms with Gasteiger partial charge in [-0.15, -0.1) is 0 Å². The van der Waals surface area contributed by atoms with Crippen LogP contribution in [0.3, 0.4) is 0 Å². The van der Waals surface area contributed by atoms with E-state index in [1.165, 1.54) is 12.3 Å². The molecule has 92 valence electrons. The van der Waals surface area contributed by atoms with Gasteiger partial charge in [0.15, 0.2) is 0 Å². The first-order chi connectivity index (χ1) is 7.95. The summed E-state index contributed by atoms with van der Waals surface area (Å²) in [7, 11) is 0. The second kappa shape index (κ2) is 3.96. The molecule has 6 heteroatoms. The lowest BCUT2D eigenvalue weighted by atomic mass is 9.97. The van der Waals surface area contributed by atoms with Gasteiger partial charge in [-0.2, -0.15) is 13.2 Å². The molecule has 0 aliphatic heterocycles. The van der Waals surface area contributed by atoms with Gasteiger partial charge < -0.3 is 15.8 Å². The minimum atomic E-state index is -4.42. The van der Waals surface area contributed by atoms with E-state index in [0.717, 1.165) is 0 Å². The Morgan fingerprint density at radius 2 is 2.06 bits per heavy atom. The van der Waals surface area contributed by atoms with Gasteiger partial charge in [0.25, 0.3) is 0 Å². The fourth-order valence-electron chi connectivity index (χ4n) is 1.90. The Bertz CT molecular complexity index is 533. The lowest BCUT2D eigenvalue weighted by molar-refractivity contribution is -0.147. The zero-order chi connectivity index (χ0) is 12.6. The summed E-state index contributed by atoms with van der Waals surface area (Å²) >= 11 is 0. The van der Waals surface area contributed by atoms with Gasteiger partial charge in [0, 0.05) is 23.6 Å². The normalized spacial score (nSPS) is 14.1. The number of nitrogens with two attached hydrogens (primary N) is 1. The third kappa shape index (κ3) is 1.95. The summed E-state index contributed by atoms with van der Waals surface area (Å²) in [5.74, 6) is -1.95. The first-order valence-corrected chi connectivity index (χ1v) is 5.01. The van der Waals surface area contributed by atoms with Gasteiger partial charge in [-0.05, 0) is 17.7 Å². The molecule has 3 nitrogen and oxygen atoms in total. The molecule has 2 aromatic rings. The number of aromatic hydroxyl groups is 1. The summed E-state index contributed by atoms with van der Waals surface area (Å²) in [5.41, 5.74) is 5.62. The van der Waals surface area contributed by atoms with Crippen LogP contribution in [0.5, 0.6) is 5.75 Å². The van der Waals surface area contributed by atoms with Gasteiger partial charge in [-0.1, -0.05) is 6.07 Å². The number of halogens is 3. The quantitative estimate of drug-likeness (QED) is 0.760. The van der Waals surface area contributed by atoms with Crippen LogP contribution in [-0.4, -0.2) is 22.8 Å². The monoisotopic (exact) mass is 244 g/mol. The van der Waals surface area contributed by atoms with Crippen LogP contribution in [0, 0.1) is 0 Å². The molecule has 1 atom stereocenters.